The molecule has 1 heterocycles. The molecule has 1 N–H and O–H groups in total. The first kappa shape index (κ1) is 12.6. The fourth-order valence-electron chi connectivity index (χ4n) is 1.49. The van der Waals surface area contributed by atoms with Crippen LogP contribution in [0.25, 0.3) is 0 Å². The second-order valence-electron chi connectivity index (χ2n) is 3.69. The number of nitrogens with zero attached hydrogens (tertiary/aromatic N) is 2. The maximum absolute atomic E-state index is 9.87. The van der Waals surface area contributed by atoms with Gasteiger partial charge in [0.25, 0.3) is 0 Å². The van der Waals surface area contributed by atoms with E-state index in [0.29, 0.717) is 0 Å². The maximum Gasteiger partial charge on any atom is 0.0820 e. The summed E-state index contributed by atoms with van der Waals surface area (Å²) in [5, 5.41) is 14.1. The van der Waals surface area contributed by atoms with Crippen LogP contribution in [0.15, 0.2) is 12.4 Å². The van der Waals surface area contributed by atoms with Crippen LogP contribution in [-0.4, -0.2) is 26.9 Å². The molecule has 0 aromatic carbocycles. The Bertz CT molecular complexity index is 275. The first-order valence-corrected chi connectivity index (χ1v) is 6.86. The lowest BCUT2D eigenvalue weighted by Gasteiger charge is -2.06. The molecule has 0 saturated heterocycles. The van der Waals surface area contributed by atoms with Crippen LogP contribution >= 0.6 is 11.8 Å². The number of aliphatic hydroxyl groups excluding tert-OH is 1. The van der Waals surface area contributed by atoms with Gasteiger partial charge in [-0.15, -0.1) is 0 Å². The molecule has 0 aliphatic carbocycles. The highest BCUT2D eigenvalue weighted by Gasteiger charge is 2.09. The Morgan fingerprint density at radius 3 is 3.07 bits per heavy atom. The van der Waals surface area contributed by atoms with Crippen LogP contribution in [0.5, 0.6) is 0 Å². The summed E-state index contributed by atoms with van der Waals surface area (Å²) in [5.74, 6) is 1.11. The molecule has 1 rings (SSSR count). The second-order valence-corrected chi connectivity index (χ2v) is 4.67. The zero-order valence-electron chi connectivity index (χ0n) is 9.52. The number of aryl methyl sites for hydroxylation is 1. The predicted octanol–water partition coefficient (Wildman–Crippen LogP) is 2.47. The third kappa shape index (κ3) is 4.26. The third-order valence-electron chi connectivity index (χ3n) is 2.32. The molecule has 4 heteroatoms. The van der Waals surface area contributed by atoms with Gasteiger partial charge in [-0.1, -0.05) is 6.92 Å². The number of hydrogen-bond donors (Lipinski definition) is 1. The molecule has 15 heavy (non-hydrogen) atoms. The number of aromatic nitrogens is 2. The van der Waals surface area contributed by atoms with Crippen molar-refractivity contribution >= 4 is 11.8 Å². The number of hydrogen-bond acceptors (Lipinski definition) is 3. The van der Waals surface area contributed by atoms with Gasteiger partial charge >= 0.3 is 0 Å². The summed E-state index contributed by atoms with van der Waals surface area (Å²) in [6.45, 7) is 3.05. The van der Waals surface area contributed by atoms with Gasteiger partial charge < -0.3 is 5.11 Å². The van der Waals surface area contributed by atoms with Crippen molar-refractivity contribution in [3.05, 3.63) is 18.0 Å². The molecule has 0 saturated carbocycles. The molecule has 0 radical (unpaired) electrons. The molecule has 0 spiro atoms. The number of aliphatic hydroxyl groups is 1. The summed E-state index contributed by atoms with van der Waals surface area (Å²) < 4.78 is 1.90. The average molecular weight is 228 g/mol. The Morgan fingerprint density at radius 2 is 2.40 bits per heavy atom. The first-order chi connectivity index (χ1) is 7.27. The Hall–Kier alpha value is -0.480. The van der Waals surface area contributed by atoms with Crippen LogP contribution in [0, 0.1) is 0 Å². The van der Waals surface area contributed by atoms with Gasteiger partial charge in [0, 0.05) is 18.3 Å². The largest absolute Gasteiger partial charge is 0.388 e. The summed E-state index contributed by atoms with van der Waals surface area (Å²) in [6, 6.07) is 0. The minimum atomic E-state index is -0.345. The first-order valence-electron chi connectivity index (χ1n) is 5.47. The molecule has 0 amide bonds. The quantitative estimate of drug-likeness (QED) is 0.729. The predicted molar refractivity (Wildman–Crippen MR) is 65.1 cm³/mol. The summed E-state index contributed by atoms with van der Waals surface area (Å²) in [5.41, 5.74) is 0.949. The van der Waals surface area contributed by atoms with E-state index >= 15 is 0 Å². The summed E-state index contributed by atoms with van der Waals surface area (Å²) in [7, 11) is 0. The topological polar surface area (TPSA) is 38.0 Å². The zero-order valence-corrected chi connectivity index (χ0v) is 10.3. The van der Waals surface area contributed by atoms with Gasteiger partial charge in [-0.3, -0.25) is 4.68 Å². The Morgan fingerprint density at radius 1 is 1.60 bits per heavy atom. The van der Waals surface area contributed by atoms with Gasteiger partial charge in [0.15, 0.2) is 0 Å². The van der Waals surface area contributed by atoms with E-state index in [1.807, 2.05) is 22.6 Å². The van der Waals surface area contributed by atoms with Crippen molar-refractivity contribution in [2.45, 2.75) is 38.8 Å². The van der Waals surface area contributed by atoms with Crippen LogP contribution in [-0.2, 0) is 6.54 Å². The lowest BCUT2D eigenvalue weighted by molar-refractivity contribution is 0.167. The van der Waals surface area contributed by atoms with Crippen LogP contribution in [0.4, 0.5) is 0 Å². The molecule has 86 valence electrons. The van der Waals surface area contributed by atoms with E-state index in [-0.39, 0.29) is 6.10 Å². The summed E-state index contributed by atoms with van der Waals surface area (Å²) in [6.07, 6.45) is 8.44. The molecule has 0 aliphatic heterocycles. The van der Waals surface area contributed by atoms with E-state index in [9.17, 15) is 5.11 Å². The van der Waals surface area contributed by atoms with Crippen molar-refractivity contribution < 1.29 is 5.11 Å². The molecule has 3 nitrogen and oxygen atoms in total. The minimum absolute atomic E-state index is 0.345. The molecule has 0 aliphatic rings. The fraction of sp³-hybridized carbons (Fsp3) is 0.727. The Kier molecular flexibility index (Phi) is 5.79. The van der Waals surface area contributed by atoms with Gasteiger partial charge in [0.1, 0.15) is 0 Å². The van der Waals surface area contributed by atoms with Gasteiger partial charge in [-0.2, -0.15) is 16.9 Å². The van der Waals surface area contributed by atoms with E-state index in [1.165, 1.54) is 0 Å². The van der Waals surface area contributed by atoms with Crippen LogP contribution < -0.4 is 0 Å². The van der Waals surface area contributed by atoms with Crippen molar-refractivity contribution in [3.63, 3.8) is 0 Å². The molecular weight excluding hydrogens is 208 g/mol. The number of rotatable bonds is 7. The molecule has 1 atom stereocenters. The normalized spacial score (nSPS) is 13.0. The lowest BCUT2D eigenvalue weighted by Crippen LogP contribution is -1.98. The van der Waals surface area contributed by atoms with Crippen molar-refractivity contribution in [1.82, 2.24) is 9.78 Å². The van der Waals surface area contributed by atoms with Crippen molar-refractivity contribution in [1.29, 1.82) is 0 Å². The van der Waals surface area contributed by atoms with E-state index < -0.39 is 0 Å². The maximum atomic E-state index is 9.87. The second kappa shape index (κ2) is 6.90. The Balaban J connectivity index is 2.39. The third-order valence-corrected chi connectivity index (χ3v) is 3.01. The highest BCUT2D eigenvalue weighted by Crippen LogP contribution is 2.18. The zero-order chi connectivity index (χ0) is 11.1. The number of thioether (sulfide) groups is 1. The van der Waals surface area contributed by atoms with E-state index in [0.717, 1.165) is 37.1 Å². The standard InChI is InChI=1S/C11H20N2OS/c1-3-6-13-9-10(8-12-13)11(14)5-4-7-15-2/h8-9,11,14H,3-7H2,1-2H3. The van der Waals surface area contributed by atoms with E-state index in [4.69, 9.17) is 0 Å². The average Bonchev–Trinajstić information content (AvgIpc) is 2.67. The molecule has 1 aromatic heterocycles. The highest BCUT2D eigenvalue weighted by atomic mass is 32.2. The fourth-order valence-corrected chi connectivity index (χ4v) is 1.95. The molecule has 0 fully saturated rings. The minimum Gasteiger partial charge on any atom is -0.388 e. The van der Waals surface area contributed by atoms with Gasteiger partial charge in [0.2, 0.25) is 0 Å². The van der Waals surface area contributed by atoms with Gasteiger partial charge in [-0.05, 0) is 31.3 Å². The molecule has 1 unspecified atom stereocenters. The molecular formula is C11H20N2OS. The van der Waals surface area contributed by atoms with Crippen LogP contribution in [0.3, 0.4) is 0 Å². The van der Waals surface area contributed by atoms with Crippen molar-refractivity contribution in [3.8, 4) is 0 Å². The summed E-state index contributed by atoms with van der Waals surface area (Å²) in [4.78, 5) is 0. The van der Waals surface area contributed by atoms with Crippen LogP contribution in [0.2, 0.25) is 0 Å². The van der Waals surface area contributed by atoms with E-state index in [2.05, 4.69) is 18.3 Å². The van der Waals surface area contributed by atoms with Crippen LogP contribution in [0.1, 0.15) is 37.9 Å². The summed E-state index contributed by atoms with van der Waals surface area (Å²) >= 11 is 1.82. The van der Waals surface area contributed by atoms with E-state index in [1.54, 1.807) is 6.20 Å². The lowest BCUT2D eigenvalue weighted by atomic mass is 10.1. The highest BCUT2D eigenvalue weighted by molar-refractivity contribution is 7.98. The van der Waals surface area contributed by atoms with Gasteiger partial charge in [0.05, 0.1) is 12.3 Å². The monoisotopic (exact) mass is 228 g/mol. The smallest absolute Gasteiger partial charge is 0.0820 e. The molecule has 0 bridgehead atoms. The molecule has 1 aromatic rings. The SMILES string of the molecule is CCCn1cc(C(O)CCCSC)cn1. The van der Waals surface area contributed by atoms with Crippen molar-refractivity contribution in [2.24, 2.45) is 0 Å². The van der Waals surface area contributed by atoms with Gasteiger partial charge in [-0.25, -0.2) is 0 Å². The Labute approximate surface area is 95.9 Å². The van der Waals surface area contributed by atoms with Crippen molar-refractivity contribution in [2.75, 3.05) is 12.0 Å².